The Morgan fingerprint density at radius 3 is 2.79 bits per heavy atom. The lowest BCUT2D eigenvalue weighted by Gasteiger charge is -2.33. The highest BCUT2D eigenvalue weighted by molar-refractivity contribution is 5.67. The second-order valence-corrected chi connectivity index (χ2v) is 8.97. The summed E-state index contributed by atoms with van der Waals surface area (Å²) in [5.41, 5.74) is 3.84. The monoisotopic (exact) mass is 388 g/mol. The van der Waals surface area contributed by atoms with Gasteiger partial charge in [-0.15, -0.1) is 0 Å². The summed E-state index contributed by atoms with van der Waals surface area (Å²) in [6.07, 6.45) is 9.04. The molecule has 0 aromatic heterocycles. The number of aliphatic hydroxyl groups excluding tert-OH is 2. The third-order valence-corrected chi connectivity index (χ3v) is 7.07. The Bertz CT molecular complexity index is 656. The van der Waals surface area contributed by atoms with Gasteiger partial charge in [0.25, 0.3) is 0 Å². The van der Waals surface area contributed by atoms with Crippen LogP contribution < -0.4 is 0 Å². The molecule has 3 N–H and O–H groups in total. The van der Waals surface area contributed by atoms with Crippen molar-refractivity contribution in [2.45, 2.75) is 89.8 Å². The second-order valence-electron chi connectivity index (χ2n) is 8.97. The van der Waals surface area contributed by atoms with Crippen LogP contribution in [0.3, 0.4) is 0 Å². The zero-order valence-electron chi connectivity index (χ0n) is 17.1. The Morgan fingerprint density at radius 2 is 2.04 bits per heavy atom. The first-order valence-electron chi connectivity index (χ1n) is 11.2. The van der Waals surface area contributed by atoms with Gasteiger partial charge < -0.3 is 15.3 Å². The van der Waals surface area contributed by atoms with Gasteiger partial charge in [-0.2, -0.15) is 0 Å². The van der Waals surface area contributed by atoms with Gasteiger partial charge in [-0.3, -0.25) is 4.79 Å². The van der Waals surface area contributed by atoms with Crippen LogP contribution in [0.1, 0.15) is 75.0 Å². The van der Waals surface area contributed by atoms with Gasteiger partial charge >= 0.3 is 5.97 Å². The van der Waals surface area contributed by atoms with Crippen LogP contribution >= 0.6 is 0 Å². The molecular weight excluding hydrogens is 352 g/mol. The predicted molar refractivity (Wildman–Crippen MR) is 110 cm³/mol. The van der Waals surface area contributed by atoms with Gasteiger partial charge in [-0.05, 0) is 79.4 Å². The summed E-state index contributed by atoms with van der Waals surface area (Å²) >= 11 is 0. The molecule has 0 saturated heterocycles. The summed E-state index contributed by atoms with van der Waals surface area (Å²) in [6, 6.07) is 6.29. The SMILES string of the molecule is CCCCC[C@H](O)CC[C@@H]1[C@H]2Cc3cccc(CCC(=O)O)c3C[C@H]2C[C@H]1O. The molecule has 156 valence electrons. The molecule has 5 atom stereocenters. The van der Waals surface area contributed by atoms with E-state index in [1.807, 2.05) is 6.07 Å². The normalized spacial score (nSPS) is 27.2. The van der Waals surface area contributed by atoms with Gasteiger partial charge in [0.05, 0.1) is 12.2 Å². The fourth-order valence-corrected chi connectivity index (χ4v) is 5.55. The van der Waals surface area contributed by atoms with E-state index in [4.69, 9.17) is 5.11 Å². The highest BCUT2D eigenvalue weighted by atomic mass is 16.4. The van der Waals surface area contributed by atoms with Gasteiger partial charge in [0.1, 0.15) is 0 Å². The summed E-state index contributed by atoms with van der Waals surface area (Å²) in [5.74, 6) is 0.498. The van der Waals surface area contributed by atoms with E-state index in [9.17, 15) is 15.0 Å². The first-order valence-corrected chi connectivity index (χ1v) is 11.2. The number of hydrogen-bond acceptors (Lipinski definition) is 3. The largest absolute Gasteiger partial charge is 0.481 e. The first-order chi connectivity index (χ1) is 13.5. The van der Waals surface area contributed by atoms with Crippen LogP contribution in [0.2, 0.25) is 0 Å². The third kappa shape index (κ3) is 5.15. The summed E-state index contributed by atoms with van der Waals surface area (Å²) in [5, 5.41) is 30.0. The third-order valence-electron chi connectivity index (χ3n) is 7.07. The first kappa shape index (κ1) is 21.3. The molecule has 0 bridgehead atoms. The van der Waals surface area contributed by atoms with E-state index >= 15 is 0 Å². The number of carboxylic acid groups (broad SMARTS) is 1. The van der Waals surface area contributed by atoms with E-state index in [1.54, 1.807) is 0 Å². The fourth-order valence-electron chi connectivity index (χ4n) is 5.55. The number of benzene rings is 1. The van der Waals surface area contributed by atoms with Gasteiger partial charge in [0.15, 0.2) is 0 Å². The Balaban J connectivity index is 1.62. The Hall–Kier alpha value is -1.39. The van der Waals surface area contributed by atoms with E-state index in [1.165, 1.54) is 29.5 Å². The second kappa shape index (κ2) is 9.89. The molecule has 4 heteroatoms. The molecule has 2 aliphatic carbocycles. The highest BCUT2D eigenvalue weighted by Gasteiger charge is 2.44. The summed E-state index contributed by atoms with van der Waals surface area (Å²) < 4.78 is 0. The molecule has 0 amide bonds. The van der Waals surface area contributed by atoms with Crippen molar-refractivity contribution in [1.29, 1.82) is 0 Å². The number of fused-ring (bicyclic) bond motifs is 2. The molecule has 0 aliphatic heterocycles. The zero-order valence-corrected chi connectivity index (χ0v) is 17.1. The van der Waals surface area contributed by atoms with Crippen molar-refractivity contribution in [2.75, 3.05) is 0 Å². The van der Waals surface area contributed by atoms with Crippen molar-refractivity contribution in [3.8, 4) is 0 Å². The molecule has 1 aromatic carbocycles. The lowest BCUT2D eigenvalue weighted by atomic mass is 9.72. The van der Waals surface area contributed by atoms with E-state index in [2.05, 4.69) is 19.1 Å². The number of aliphatic hydroxyl groups is 2. The summed E-state index contributed by atoms with van der Waals surface area (Å²) in [7, 11) is 0. The number of carboxylic acids is 1. The van der Waals surface area contributed by atoms with Crippen LogP contribution in [0, 0.1) is 17.8 Å². The minimum absolute atomic E-state index is 0.172. The summed E-state index contributed by atoms with van der Waals surface area (Å²) in [6.45, 7) is 2.18. The minimum Gasteiger partial charge on any atom is -0.481 e. The lowest BCUT2D eigenvalue weighted by Crippen LogP contribution is -2.28. The number of rotatable bonds is 10. The fraction of sp³-hybridized carbons (Fsp3) is 0.708. The van der Waals surface area contributed by atoms with Crippen molar-refractivity contribution in [1.82, 2.24) is 0 Å². The van der Waals surface area contributed by atoms with E-state index in [0.717, 1.165) is 44.9 Å². The van der Waals surface area contributed by atoms with Crippen LogP contribution in [0.4, 0.5) is 0 Å². The molecule has 0 heterocycles. The molecule has 1 fully saturated rings. The quantitative estimate of drug-likeness (QED) is 0.527. The van der Waals surface area contributed by atoms with E-state index < -0.39 is 5.97 Å². The van der Waals surface area contributed by atoms with E-state index in [0.29, 0.717) is 18.3 Å². The predicted octanol–water partition coefficient (Wildman–Crippen LogP) is 4.14. The molecule has 4 nitrogen and oxygen atoms in total. The molecule has 3 rings (SSSR count). The molecule has 2 aliphatic rings. The maximum Gasteiger partial charge on any atom is 0.303 e. The average Bonchev–Trinajstić information content (AvgIpc) is 2.97. The molecule has 1 aromatic rings. The number of carbonyl (C=O) groups is 1. The van der Waals surface area contributed by atoms with Gasteiger partial charge in [0.2, 0.25) is 0 Å². The number of hydrogen-bond donors (Lipinski definition) is 3. The molecule has 0 unspecified atom stereocenters. The average molecular weight is 389 g/mol. The number of aryl methyl sites for hydroxylation is 1. The molecular formula is C24H36O4. The van der Waals surface area contributed by atoms with Crippen LogP contribution in [0.25, 0.3) is 0 Å². The summed E-state index contributed by atoms with van der Waals surface area (Å²) in [4.78, 5) is 11.0. The van der Waals surface area contributed by atoms with Crippen molar-refractivity contribution < 1.29 is 20.1 Å². The topological polar surface area (TPSA) is 77.8 Å². The van der Waals surface area contributed by atoms with Crippen LogP contribution in [-0.2, 0) is 24.1 Å². The van der Waals surface area contributed by atoms with E-state index in [-0.39, 0.29) is 24.5 Å². The van der Waals surface area contributed by atoms with Crippen molar-refractivity contribution in [2.24, 2.45) is 17.8 Å². The minimum atomic E-state index is -0.750. The molecule has 0 radical (unpaired) electrons. The standard InChI is InChI=1S/C24H36O4/c1-2-3-4-8-19(25)10-11-20-22-13-17-7-5-6-16(9-12-24(27)28)21(17)14-18(22)15-23(20)26/h5-7,18-20,22-23,25-26H,2-4,8-15H2,1H3,(H,27,28)/t18-,19-,20+,22-,23+/m0/s1. The van der Waals surface area contributed by atoms with Gasteiger partial charge in [-0.25, -0.2) is 0 Å². The van der Waals surface area contributed by atoms with Crippen molar-refractivity contribution >= 4 is 5.97 Å². The smallest absolute Gasteiger partial charge is 0.303 e. The Kier molecular flexibility index (Phi) is 7.53. The molecule has 1 saturated carbocycles. The van der Waals surface area contributed by atoms with Gasteiger partial charge in [0, 0.05) is 6.42 Å². The maximum atomic E-state index is 11.0. The Morgan fingerprint density at radius 1 is 1.21 bits per heavy atom. The molecule has 28 heavy (non-hydrogen) atoms. The van der Waals surface area contributed by atoms with Crippen LogP contribution in [-0.4, -0.2) is 33.5 Å². The molecule has 0 spiro atoms. The zero-order chi connectivity index (χ0) is 20.1. The van der Waals surface area contributed by atoms with Crippen LogP contribution in [0.15, 0.2) is 18.2 Å². The maximum absolute atomic E-state index is 11.0. The van der Waals surface area contributed by atoms with Crippen LogP contribution in [0.5, 0.6) is 0 Å². The lowest BCUT2D eigenvalue weighted by molar-refractivity contribution is -0.136. The van der Waals surface area contributed by atoms with Crippen molar-refractivity contribution in [3.63, 3.8) is 0 Å². The highest BCUT2D eigenvalue weighted by Crippen LogP contribution is 2.47. The van der Waals surface area contributed by atoms with Crippen molar-refractivity contribution in [3.05, 3.63) is 34.9 Å². The Labute approximate surface area is 169 Å². The number of unbranched alkanes of at least 4 members (excludes halogenated alkanes) is 2. The number of aliphatic carboxylic acids is 1. The van der Waals surface area contributed by atoms with Gasteiger partial charge in [-0.1, -0.05) is 44.4 Å².